The van der Waals surface area contributed by atoms with Gasteiger partial charge in [-0.2, -0.15) is 0 Å². The Balaban J connectivity index is 1.81. The van der Waals surface area contributed by atoms with Gasteiger partial charge in [-0.1, -0.05) is 23.5 Å². The highest BCUT2D eigenvalue weighted by Crippen LogP contribution is 2.40. The maximum Gasteiger partial charge on any atom is 0.267 e. The van der Waals surface area contributed by atoms with E-state index >= 15 is 4.39 Å². The molecule has 0 fully saturated rings. The number of anilines is 3. The second-order valence-corrected chi connectivity index (χ2v) is 9.40. The molecule has 0 radical (unpaired) electrons. The molecule has 0 amide bonds. The number of halogens is 3. The number of aromatic nitrogens is 3. The lowest BCUT2D eigenvalue weighted by Gasteiger charge is -2.12. The third-order valence-electron chi connectivity index (χ3n) is 4.64. The van der Waals surface area contributed by atoms with Gasteiger partial charge in [-0.25, -0.2) is 36.5 Å². The van der Waals surface area contributed by atoms with Crippen molar-refractivity contribution in [2.45, 2.75) is 4.90 Å². The van der Waals surface area contributed by atoms with Crippen molar-refractivity contribution in [2.75, 3.05) is 29.5 Å². The minimum absolute atomic E-state index is 0.0356. The van der Waals surface area contributed by atoms with Gasteiger partial charge in [0.1, 0.15) is 11.6 Å². The fraction of sp³-hybridized carbons (Fsp3) is 0.0952. The number of rotatable bonds is 7. The van der Waals surface area contributed by atoms with E-state index in [2.05, 4.69) is 25.6 Å². The molecule has 0 saturated heterocycles. The topological polar surface area (TPSA) is 109 Å². The molecular formula is C21H17F3N6O2S2. The van der Waals surface area contributed by atoms with Crippen LogP contribution in [0.2, 0.25) is 0 Å². The number of nitrogens with one attached hydrogen (secondary N) is 3. The van der Waals surface area contributed by atoms with E-state index in [1.807, 2.05) is 4.72 Å². The van der Waals surface area contributed by atoms with Crippen LogP contribution in [-0.2, 0) is 10.0 Å². The lowest BCUT2D eigenvalue weighted by atomic mass is 10.1. The number of nitrogens with zero attached hydrogens (tertiary/aromatic N) is 3. The molecule has 0 unspecified atom stereocenters. The van der Waals surface area contributed by atoms with E-state index in [4.69, 9.17) is 0 Å². The summed E-state index contributed by atoms with van der Waals surface area (Å²) in [5.74, 6) is -3.22. The van der Waals surface area contributed by atoms with Crippen LogP contribution >= 0.6 is 11.3 Å². The summed E-state index contributed by atoms with van der Waals surface area (Å²) >= 11 is 1.21. The molecule has 13 heteroatoms. The molecule has 0 spiro atoms. The van der Waals surface area contributed by atoms with Gasteiger partial charge in [0.25, 0.3) is 10.0 Å². The second-order valence-electron chi connectivity index (χ2n) is 6.79. The van der Waals surface area contributed by atoms with Crippen LogP contribution in [-0.4, -0.2) is 37.5 Å². The van der Waals surface area contributed by atoms with Gasteiger partial charge in [0.05, 0.1) is 22.0 Å². The first-order valence-corrected chi connectivity index (χ1v) is 12.0. The summed E-state index contributed by atoms with van der Waals surface area (Å²) in [6, 6.07) is 8.20. The van der Waals surface area contributed by atoms with Crippen molar-refractivity contribution in [1.29, 1.82) is 0 Å². The molecule has 0 saturated carbocycles. The molecule has 2 heterocycles. The molecule has 0 aliphatic rings. The molecule has 0 atom stereocenters. The maximum atomic E-state index is 15.5. The van der Waals surface area contributed by atoms with Gasteiger partial charge in [0, 0.05) is 25.9 Å². The number of benzene rings is 2. The molecule has 8 nitrogen and oxygen atoms in total. The number of thiazole rings is 1. The fourth-order valence-electron chi connectivity index (χ4n) is 3.12. The molecule has 4 rings (SSSR count). The first-order valence-electron chi connectivity index (χ1n) is 9.70. The van der Waals surface area contributed by atoms with Crippen molar-refractivity contribution in [3.63, 3.8) is 0 Å². The summed E-state index contributed by atoms with van der Waals surface area (Å²) in [7, 11) is -1.47. The lowest BCUT2D eigenvalue weighted by Crippen LogP contribution is -2.17. The largest absolute Gasteiger partial charge is 0.365 e. The van der Waals surface area contributed by atoms with Crippen molar-refractivity contribution < 1.29 is 21.6 Å². The van der Waals surface area contributed by atoms with Crippen LogP contribution in [0.15, 0.2) is 53.6 Å². The highest BCUT2D eigenvalue weighted by atomic mass is 32.2. The normalized spacial score (nSPS) is 11.3. The van der Waals surface area contributed by atoms with Gasteiger partial charge in [-0.3, -0.25) is 4.72 Å². The predicted molar refractivity (Wildman–Crippen MR) is 125 cm³/mol. The summed E-state index contributed by atoms with van der Waals surface area (Å²) in [5, 5.41) is 6.18. The number of hydrogen-bond acceptors (Lipinski definition) is 8. The molecular weight excluding hydrogens is 489 g/mol. The Kier molecular flexibility index (Phi) is 6.39. The second kappa shape index (κ2) is 9.27. The van der Waals surface area contributed by atoms with Crippen molar-refractivity contribution in [2.24, 2.45) is 0 Å². The van der Waals surface area contributed by atoms with Gasteiger partial charge in [0.2, 0.25) is 5.95 Å². The van der Waals surface area contributed by atoms with Gasteiger partial charge < -0.3 is 10.6 Å². The lowest BCUT2D eigenvalue weighted by molar-refractivity contribution is 0.521. The van der Waals surface area contributed by atoms with Crippen LogP contribution in [0.3, 0.4) is 0 Å². The highest BCUT2D eigenvalue weighted by Gasteiger charge is 2.27. The third kappa shape index (κ3) is 4.39. The summed E-state index contributed by atoms with van der Waals surface area (Å²) < 4.78 is 70.9. The van der Waals surface area contributed by atoms with Crippen LogP contribution in [0, 0.1) is 17.5 Å². The standard InChI is InChI=1S/C21H17F3N6O2S2/c1-25-20-27-10-9-15(28-20)18-17(29-21(26-2)33-18)11-5-3-8-14(16(11)24)30-34(31,32)19-12(22)6-4-7-13(19)23/h3-10,30H,1-2H3,(H,26,29)(H,25,27,28). The minimum atomic E-state index is -4.77. The van der Waals surface area contributed by atoms with Gasteiger partial charge in [0.15, 0.2) is 15.8 Å². The van der Waals surface area contributed by atoms with Crippen LogP contribution in [0.4, 0.5) is 29.9 Å². The van der Waals surface area contributed by atoms with Crippen molar-refractivity contribution >= 4 is 38.1 Å². The smallest absolute Gasteiger partial charge is 0.267 e. The first kappa shape index (κ1) is 23.4. The Bertz CT molecular complexity index is 1460. The average Bonchev–Trinajstić information content (AvgIpc) is 3.24. The summed E-state index contributed by atoms with van der Waals surface area (Å²) in [6.45, 7) is 0. The maximum absolute atomic E-state index is 15.5. The molecule has 4 aromatic rings. The molecule has 0 aliphatic heterocycles. The number of hydrogen-bond donors (Lipinski definition) is 3. The van der Waals surface area contributed by atoms with E-state index in [1.54, 1.807) is 20.2 Å². The Morgan fingerprint density at radius 1 is 0.912 bits per heavy atom. The average molecular weight is 507 g/mol. The summed E-state index contributed by atoms with van der Waals surface area (Å²) in [4.78, 5) is 12.1. The molecule has 0 aliphatic carbocycles. The monoisotopic (exact) mass is 506 g/mol. The van der Waals surface area contributed by atoms with E-state index in [9.17, 15) is 17.2 Å². The zero-order valence-electron chi connectivity index (χ0n) is 17.7. The molecule has 3 N–H and O–H groups in total. The van der Waals surface area contributed by atoms with Crippen molar-refractivity contribution in [1.82, 2.24) is 15.0 Å². The van der Waals surface area contributed by atoms with E-state index in [0.717, 1.165) is 24.3 Å². The van der Waals surface area contributed by atoms with E-state index in [-0.39, 0.29) is 11.3 Å². The SMILES string of the molecule is CNc1nccc(-c2sc(NC)nc2-c2cccc(NS(=O)(=O)c3c(F)cccc3F)c2F)n1. The Labute approximate surface area is 197 Å². The fourth-order valence-corrected chi connectivity index (χ4v) is 5.22. The van der Waals surface area contributed by atoms with E-state index < -0.39 is 38.1 Å². The van der Waals surface area contributed by atoms with Crippen LogP contribution in [0.5, 0.6) is 0 Å². The quantitative estimate of drug-likeness (QED) is 0.337. The first-order chi connectivity index (χ1) is 16.2. The van der Waals surface area contributed by atoms with Crippen LogP contribution in [0.1, 0.15) is 0 Å². The minimum Gasteiger partial charge on any atom is -0.365 e. The van der Waals surface area contributed by atoms with Crippen molar-refractivity contribution in [3.8, 4) is 21.8 Å². The predicted octanol–water partition coefficient (Wildman–Crippen LogP) is 4.57. The van der Waals surface area contributed by atoms with Crippen LogP contribution in [0.25, 0.3) is 21.8 Å². The summed E-state index contributed by atoms with van der Waals surface area (Å²) in [6.07, 6.45) is 1.53. The molecule has 0 bridgehead atoms. The molecule has 34 heavy (non-hydrogen) atoms. The third-order valence-corrected chi connectivity index (χ3v) is 7.15. The molecule has 176 valence electrons. The molecule has 2 aromatic carbocycles. The van der Waals surface area contributed by atoms with E-state index in [0.29, 0.717) is 21.7 Å². The highest BCUT2D eigenvalue weighted by molar-refractivity contribution is 7.92. The van der Waals surface area contributed by atoms with Gasteiger partial charge >= 0.3 is 0 Å². The summed E-state index contributed by atoms with van der Waals surface area (Å²) in [5.41, 5.74) is 0.133. The zero-order chi connectivity index (χ0) is 24.5. The molecule has 2 aromatic heterocycles. The Hall–Kier alpha value is -3.71. The van der Waals surface area contributed by atoms with Gasteiger partial charge in [-0.05, 0) is 30.3 Å². The zero-order valence-corrected chi connectivity index (χ0v) is 19.4. The van der Waals surface area contributed by atoms with Gasteiger partial charge in [-0.15, -0.1) is 0 Å². The van der Waals surface area contributed by atoms with Crippen LogP contribution < -0.4 is 15.4 Å². The Morgan fingerprint density at radius 3 is 2.29 bits per heavy atom. The Morgan fingerprint density at radius 2 is 1.62 bits per heavy atom. The number of sulfonamides is 1. The van der Waals surface area contributed by atoms with Crippen molar-refractivity contribution in [3.05, 3.63) is 66.1 Å². The van der Waals surface area contributed by atoms with E-state index in [1.165, 1.54) is 29.7 Å².